The highest BCUT2D eigenvalue weighted by atomic mass is 35.5. The quantitative estimate of drug-likeness (QED) is 0.339. The van der Waals surface area contributed by atoms with Crippen LogP contribution in [0.1, 0.15) is 28.5 Å². The molecule has 5 aromatic rings. The van der Waals surface area contributed by atoms with Gasteiger partial charge in [0, 0.05) is 29.3 Å². The third-order valence-electron chi connectivity index (χ3n) is 6.63. The minimum Gasteiger partial charge on any atom is -0.326 e. The molecule has 1 atom stereocenters. The Morgan fingerprint density at radius 2 is 1.89 bits per heavy atom. The molecule has 0 spiro atoms. The van der Waals surface area contributed by atoms with E-state index in [0.717, 1.165) is 52.2 Å². The molecule has 3 aromatic heterocycles. The molecule has 9 heteroatoms. The van der Waals surface area contributed by atoms with Gasteiger partial charge in [0.2, 0.25) is 5.78 Å². The maximum Gasteiger partial charge on any atom is 0.263 e. The molecule has 0 aliphatic carbocycles. The molecule has 0 radical (unpaired) electrons. The molecule has 0 bridgehead atoms. The maximum atomic E-state index is 13.6. The number of rotatable bonds is 6. The third-order valence-corrected chi connectivity index (χ3v) is 9.09. The smallest absolute Gasteiger partial charge is 0.263 e. The average Bonchev–Trinajstić information content (AvgIpc) is 3.46. The van der Waals surface area contributed by atoms with E-state index in [2.05, 4.69) is 44.9 Å². The molecule has 1 N–H and O–H groups in total. The van der Waals surface area contributed by atoms with Gasteiger partial charge in [0.15, 0.2) is 5.16 Å². The minimum atomic E-state index is 0.0562. The van der Waals surface area contributed by atoms with E-state index in [0.29, 0.717) is 12.3 Å². The van der Waals surface area contributed by atoms with Gasteiger partial charge < -0.3 is 4.90 Å². The second kappa shape index (κ2) is 9.43. The summed E-state index contributed by atoms with van der Waals surface area (Å²) < 4.78 is 3.86. The molecule has 4 heterocycles. The molecule has 6 rings (SSSR count). The molecule has 178 valence electrons. The number of thiophene rings is 1. The summed E-state index contributed by atoms with van der Waals surface area (Å²) >= 11 is 9.42. The van der Waals surface area contributed by atoms with Crippen LogP contribution in [0.4, 0.5) is 0 Å². The first kappa shape index (κ1) is 22.8. The van der Waals surface area contributed by atoms with E-state index in [1.54, 1.807) is 27.7 Å². The highest BCUT2D eigenvalue weighted by Gasteiger charge is 2.28. The first-order valence-corrected chi connectivity index (χ1v) is 14.0. The molecule has 0 amide bonds. The molecule has 6 nitrogen and oxygen atoms in total. The van der Waals surface area contributed by atoms with Gasteiger partial charge in [-0.25, -0.2) is 4.40 Å². The second-order valence-electron chi connectivity index (χ2n) is 8.86. The number of quaternary nitrogens is 1. The minimum absolute atomic E-state index is 0.0562. The fourth-order valence-corrected chi connectivity index (χ4v) is 7.36. The zero-order valence-electron chi connectivity index (χ0n) is 19.3. The lowest BCUT2D eigenvalue weighted by atomic mass is 10.0. The molecule has 1 unspecified atom stereocenters. The van der Waals surface area contributed by atoms with Crippen molar-refractivity contribution in [2.45, 2.75) is 43.9 Å². The van der Waals surface area contributed by atoms with Crippen LogP contribution < -0.4 is 10.5 Å². The summed E-state index contributed by atoms with van der Waals surface area (Å²) in [5.74, 6) is 1.38. The Balaban J connectivity index is 1.40. The molecule has 1 aliphatic rings. The number of benzene rings is 2. The Labute approximate surface area is 216 Å². The molecule has 0 saturated carbocycles. The summed E-state index contributed by atoms with van der Waals surface area (Å²) in [7, 11) is 0. The van der Waals surface area contributed by atoms with Gasteiger partial charge in [0.05, 0.1) is 16.8 Å². The maximum absolute atomic E-state index is 13.6. The first-order chi connectivity index (χ1) is 17.1. The van der Waals surface area contributed by atoms with Crippen LogP contribution in [0, 0.1) is 0 Å². The van der Waals surface area contributed by atoms with Gasteiger partial charge in [0.1, 0.15) is 17.9 Å². The largest absolute Gasteiger partial charge is 0.326 e. The zero-order chi connectivity index (χ0) is 23.9. The number of halogens is 1. The van der Waals surface area contributed by atoms with Crippen LogP contribution >= 0.6 is 34.7 Å². The van der Waals surface area contributed by atoms with Crippen LogP contribution in [0.5, 0.6) is 0 Å². The molecular formula is C26H25ClN5OS2+. The summed E-state index contributed by atoms with van der Waals surface area (Å²) in [5.41, 5.74) is 3.79. The number of nitrogens with one attached hydrogen (secondary N) is 1. The number of hydrogen-bond acceptors (Lipinski definition) is 5. The second-order valence-corrected chi connectivity index (χ2v) is 11.3. The van der Waals surface area contributed by atoms with Crippen molar-refractivity contribution in [3.63, 3.8) is 0 Å². The number of aryl methyl sites for hydroxylation is 1. The molecule has 2 aromatic carbocycles. The van der Waals surface area contributed by atoms with E-state index in [4.69, 9.17) is 11.6 Å². The lowest BCUT2D eigenvalue weighted by molar-refractivity contribution is -0.929. The Morgan fingerprint density at radius 3 is 2.66 bits per heavy atom. The van der Waals surface area contributed by atoms with Gasteiger partial charge in [-0.3, -0.25) is 9.36 Å². The summed E-state index contributed by atoms with van der Waals surface area (Å²) in [6.07, 6.45) is 0.914. The monoisotopic (exact) mass is 522 g/mol. The van der Waals surface area contributed by atoms with E-state index in [-0.39, 0.29) is 5.56 Å². The summed E-state index contributed by atoms with van der Waals surface area (Å²) in [6, 6.07) is 18.5. The van der Waals surface area contributed by atoms with Crippen molar-refractivity contribution in [1.82, 2.24) is 19.2 Å². The Bertz CT molecular complexity index is 1570. The van der Waals surface area contributed by atoms with E-state index in [1.165, 1.54) is 26.5 Å². The number of aromatic nitrogens is 4. The van der Waals surface area contributed by atoms with Gasteiger partial charge in [-0.2, -0.15) is 0 Å². The highest BCUT2D eigenvalue weighted by Crippen LogP contribution is 2.33. The standard InChI is InChI=1S/C26H24ClN5OS2/c1-2-31-23(33)22-20-12-13-30(14-17-6-4-3-5-7-17)15-21(20)35-24(22)32-25(31)28-29-26(32)34-16-18-8-10-19(27)11-9-18/h3-11H,2,12-16H2,1H3/p+1. The molecule has 0 saturated heterocycles. The first-order valence-electron chi connectivity index (χ1n) is 11.8. The molecule has 1 aliphatic heterocycles. The molecular weight excluding hydrogens is 498 g/mol. The molecule has 0 fully saturated rings. The van der Waals surface area contributed by atoms with Gasteiger partial charge in [-0.05, 0) is 30.2 Å². The Hall–Kier alpha value is -2.65. The van der Waals surface area contributed by atoms with Crippen LogP contribution in [0.25, 0.3) is 16.0 Å². The van der Waals surface area contributed by atoms with Gasteiger partial charge in [0.25, 0.3) is 5.56 Å². The predicted molar refractivity (Wildman–Crippen MR) is 143 cm³/mol. The lowest BCUT2D eigenvalue weighted by Gasteiger charge is -2.23. The van der Waals surface area contributed by atoms with Crippen LogP contribution in [-0.4, -0.2) is 25.7 Å². The van der Waals surface area contributed by atoms with Crippen molar-refractivity contribution >= 4 is 50.7 Å². The van der Waals surface area contributed by atoms with E-state index < -0.39 is 0 Å². The number of thioether (sulfide) groups is 1. The lowest BCUT2D eigenvalue weighted by Crippen LogP contribution is -3.10. The van der Waals surface area contributed by atoms with Crippen LogP contribution in [0.2, 0.25) is 5.02 Å². The summed E-state index contributed by atoms with van der Waals surface area (Å²) in [4.78, 5) is 17.4. The fourth-order valence-electron chi connectivity index (χ4n) is 4.88. The van der Waals surface area contributed by atoms with Crippen molar-refractivity contribution in [3.8, 4) is 0 Å². The predicted octanol–water partition coefficient (Wildman–Crippen LogP) is 4.21. The van der Waals surface area contributed by atoms with Gasteiger partial charge in [-0.15, -0.1) is 21.5 Å². The van der Waals surface area contributed by atoms with Gasteiger partial charge >= 0.3 is 0 Å². The van der Waals surface area contributed by atoms with Crippen molar-refractivity contribution < 1.29 is 4.90 Å². The molecule has 35 heavy (non-hydrogen) atoms. The highest BCUT2D eigenvalue weighted by molar-refractivity contribution is 7.98. The SMILES string of the molecule is CCn1c(=O)c2c3c(sc2n2c(SCc4ccc(Cl)cc4)nnc12)C[NH+](Cc1ccccc1)CC3. The number of hydrogen-bond donors (Lipinski definition) is 1. The fraction of sp³-hybridized carbons (Fsp3) is 0.269. The summed E-state index contributed by atoms with van der Waals surface area (Å²) in [5, 5.41) is 11.3. The van der Waals surface area contributed by atoms with E-state index >= 15 is 0 Å². The van der Waals surface area contributed by atoms with Crippen LogP contribution in [-0.2, 0) is 31.8 Å². The van der Waals surface area contributed by atoms with E-state index in [9.17, 15) is 4.79 Å². The average molecular weight is 523 g/mol. The summed E-state index contributed by atoms with van der Waals surface area (Å²) in [6.45, 7) is 5.52. The van der Waals surface area contributed by atoms with Crippen molar-refractivity contribution in [1.29, 1.82) is 0 Å². The third kappa shape index (κ3) is 4.18. The normalized spacial score (nSPS) is 15.7. The van der Waals surface area contributed by atoms with Crippen LogP contribution in [0.3, 0.4) is 0 Å². The van der Waals surface area contributed by atoms with Crippen molar-refractivity contribution in [2.75, 3.05) is 6.54 Å². The Kier molecular flexibility index (Phi) is 6.14. The Morgan fingerprint density at radius 1 is 1.09 bits per heavy atom. The number of nitrogens with zero attached hydrogens (tertiary/aromatic N) is 4. The van der Waals surface area contributed by atoms with Crippen molar-refractivity contribution in [2.24, 2.45) is 0 Å². The van der Waals surface area contributed by atoms with Crippen LogP contribution in [0.15, 0.2) is 64.5 Å². The zero-order valence-corrected chi connectivity index (χ0v) is 21.7. The van der Waals surface area contributed by atoms with Crippen molar-refractivity contribution in [3.05, 3.63) is 91.5 Å². The van der Waals surface area contributed by atoms with Gasteiger partial charge in [-0.1, -0.05) is 65.8 Å². The number of fused-ring (bicyclic) bond motifs is 5. The topological polar surface area (TPSA) is 56.6 Å². The van der Waals surface area contributed by atoms with E-state index in [1.807, 2.05) is 31.2 Å².